The van der Waals surface area contributed by atoms with Crippen LogP contribution in [0.1, 0.15) is 45.9 Å². The van der Waals surface area contributed by atoms with E-state index in [4.69, 9.17) is 15.0 Å². The summed E-state index contributed by atoms with van der Waals surface area (Å²) in [7, 11) is 0. The lowest BCUT2D eigenvalue weighted by molar-refractivity contribution is 0.560. The number of fused-ring (bicyclic) bond motifs is 7. The number of para-hydroxylation sites is 3. The highest BCUT2D eigenvalue weighted by atomic mass is 16.1. The lowest BCUT2D eigenvalue weighted by Crippen LogP contribution is -2.25. The highest BCUT2D eigenvalue weighted by molar-refractivity contribution is 6.10. The van der Waals surface area contributed by atoms with Crippen LogP contribution < -0.4 is 5.56 Å². The van der Waals surface area contributed by atoms with E-state index in [1.54, 1.807) is 0 Å². The van der Waals surface area contributed by atoms with Crippen LogP contribution in [-0.4, -0.2) is 28.7 Å². The van der Waals surface area contributed by atoms with Crippen molar-refractivity contribution in [2.45, 2.75) is 59.5 Å². The lowest BCUT2D eigenvalue weighted by Gasteiger charge is -2.12. The first-order valence-electron chi connectivity index (χ1n) is 14.4. The van der Waals surface area contributed by atoms with Crippen molar-refractivity contribution in [2.75, 3.05) is 0 Å². The molecule has 0 aliphatic heterocycles. The maximum atomic E-state index is 14.2. The number of aromatic nitrogens is 6. The maximum absolute atomic E-state index is 14.2. The third-order valence-corrected chi connectivity index (χ3v) is 8.07. The predicted molar refractivity (Wildman–Crippen MR) is 164 cm³/mol. The van der Waals surface area contributed by atoms with E-state index in [0.29, 0.717) is 35.2 Å². The van der Waals surface area contributed by atoms with E-state index < -0.39 is 0 Å². The van der Waals surface area contributed by atoms with Gasteiger partial charge in [0.1, 0.15) is 16.7 Å². The second kappa shape index (κ2) is 9.59. The summed E-state index contributed by atoms with van der Waals surface area (Å²) in [6, 6.07) is 22.9. The standard InChI is InChI=1S/C33H32N6O/c1-4-7-12-19-38-28(5-2)36-31-29(33(38)40)30-32(35-25-15-10-9-14-24(25)34-30)39(31)21-17-18-27-23(20-21)22-13-8-11-16-26(22)37(27)6-3/h8-11,13-18,20H,4-7,12,19H2,1-3H3. The molecule has 0 saturated heterocycles. The van der Waals surface area contributed by atoms with Crippen molar-refractivity contribution in [3.63, 3.8) is 0 Å². The van der Waals surface area contributed by atoms with Gasteiger partial charge >= 0.3 is 0 Å². The Morgan fingerprint density at radius 3 is 2.25 bits per heavy atom. The molecule has 0 aliphatic rings. The van der Waals surface area contributed by atoms with Crippen LogP contribution in [0, 0.1) is 0 Å². The number of aryl methyl sites for hydroxylation is 2. The fraction of sp³-hybridized carbons (Fsp3) is 0.273. The molecule has 7 heteroatoms. The number of benzene rings is 3. The lowest BCUT2D eigenvalue weighted by atomic mass is 10.1. The largest absolute Gasteiger partial charge is 0.341 e. The molecule has 0 atom stereocenters. The van der Waals surface area contributed by atoms with E-state index in [-0.39, 0.29) is 5.56 Å². The monoisotopic (exact) mass is 528 g/mol. The van der Waals surface area contributed by atoms with Crippen LogP contribution in [0.3, 0.4) is 0 Å². The van der Waals surface area contributed by atoms with Gasteiger partial charge in [0.05, 0.1) is 11.0 Å². The van der Waals surface area contributed by atoms with E-state index in [9.17, 15) is 4.79 Å². The van der Waals surface area contributed by atoms with Gasteiger partial charge < -0.3 is 4.57 Å². The van der Waals surface area contributed by atoms with Crippen LogP contribution in [0.15, 0.2) is 71.5 Å². The van der Waals surface area contributed by atoms with Gasteiger partial charge in [0, 0.05) is 47.0 Å². The summed E-state index contributed by atoms with van der Waals surface area (Å²) in [4.78, 5) is 29.4. The average Bonchev–Trinajstić information content (AvgIpc) is 3.48. The number of hydrogen-bond acceptors (Lipinski definition) is 4. The maximum Gasteiger partial charge on any atom is 0.265 e. The van der Waals surface area contributed by atoms with Crippen molar-refractivity contribution in [2.24, 2.45) is 0 Å². The highest BCUT2D eigenvalue weighted by Crippen LogP contribution is 2.34. The average molecular weight is 529 g/mol. The van der Waals surface area contributed by atoms with E-state index in [1.807, 2.05) is 33.4 Å². The molecule has 0 aliphatic carbocycles. The summed E-state index contributed by atoms with van der Waals surface area (Å²) >= 11 is 0. The Kier molecular flexibility index (Phi) is 5.88. The summed E-state index contributed by atoms with van der Waals surface area (Å²) in [6.07, 6.45) is 3.79. The molecule has 0 N–H and O–H groups in total. The molecule has 40 heavy (non-hydrogen) atoms. The Morgan fingerprint density at radius 2 is 1.48 bits per heavy atom. The summed E-state index contributed by atoms with van der Waals surface area (Å²) in [5.41, 5.74) is 6.74. The fourth-order valence-electron chi connectivity index (χ4n) is 6.16. The first-order valence-corrected chi connectivity index (χ1v) is 14.4. The zero-order valence-electron chi connectivity index (χ0n) is 23.2. The van der Waals surface area contributed by atoms with Crippen molar-refractivity contribution < 1.29 is 0 Å². The number of hydrogen-bond donors (Lipinski definition) is 0. The molecule has 3 aromatic carbocycles. The second-order valence-electron chi connectivity index (χ2n) is 10.4. The summed E-state index contributed by atoms with van der Waals surface area (Å²) in [5, 5.41) is 2.92. The van der Waals surface area contributed by atoms with Crippen molar-refractivity contribution in [3.05, 3.63) is 82.9 Å². The van der Waals surface area contributed by atoms with E-state index in [0.717, 1.165) is 48.4 Å². The third-order valence-electron chi connectivity index (χ3n) is 8.07. The van der Waals surface area contributed by atoms with Gasteiger partial charge in [-0.25, -0.2) is 15.0 Å². The molecule has 4 heterocycles. The molecule has 0 amide bonds. The van der Waals surface area contributed by atoms with Gasteiger partial charge in [0.15, 0.2) is 11.3 Å². The van der Waals surface area contributed by atoms with Crippen LogP contribution >= 0.6 is 0 Å². The molecule has 0 spiro atoms. The Morgan fingerprint density at radius 1 is 0.725 bits per heavy atom. The molecule has 7 rings (SSSR count). The number of unbranched alkanes of at least 4 members (excludes halogenated alkanes) is 2. The Balaban J connectivity index is 1.60. The molecule has 0 bridgehead atoms. The summed E-state index contributed by atoms with van der Waals surface area (Å²) in [5.74, 6) is 0.797. The number of nitrogens with zero attached hydrogens (tertiary/aromatic N) is 6. The van der Waals surface area contributed by atoms with E-state index >= 15 is 0 Å². The minimum absolute atomic E-state index is 0.0325. The quantitative estimate of drug-likeness (QED) is 0.206. The van der Waals surface area contributed by atoms with Gasteiger partial charge in [-0.2, -0.15) is 0 Å². The van der Waals surface area contributed by atoms with Crippen molar-refractivity contribution >= 4 is 55.0 Å². The second-order valence-corrected chi connectivity index (χ2v) is 10.4. The highest BCUT2D eigenvalue weighted by Gasteiger charge is 2.23. The fourth-order valence-corrected chi connectivity index (χ4v) is 6.16. The van der Waals surface area contributed by atoms with Crippen LogP contribution in [0.25, 0.3) is 60.7 Å². The predicted octanol–water partition coefficient (Wildman–Crippen LogP) is 7.16. The molecule has 200 valence electrons. The Hall–Kier alpha value is -4.52. The van der Waals surface area contributed by atoms with Crippen LogP contribution in [0.5, 0.6) is 0 Å². The van der Waals surface area contributed by atoms with E-state index in [1.165, 1.54) is 21.8 Å². The van der Waals surface area contributed by atoms with Gasteiger partial charge in [-0.3, -0.25) is 13.9 Å². The zero-order valence-corrected chi connectivity index (χ0v) is 23.2. The van der Waals surface area contributed by atoms with Gasteiger partial charge in [0.2, 0.25) is 0 Å². The van der Waals surface area contributed by atoms with Gasteiger partial charge in [-0.1, -0.05) is 57.0 Å². The summed E-state index contributed by atoms with van der Waals surface area (Å²) < 4.78 is 6.24. The molecule has 4 aromatic heterocycles. The van der Waals surface area contributed by atoms with Crippen LogP contribution in [-0.2, 0) is 19.5 Å². The van der Waals surface area contributed by atoms with Gasteiger partial charge in [-0.05, 0) is 49.7 Å². The SMILES string of the molecule is CCCCCn1c(CC)nc2c(c1=O)c1nc3ccccc3nc1n2-c1ccc2c(c1)c1ccccc1n2CC. The zero-order chi connectivity index (χ0) is 27.4. The molecule has 0 radical (unpaired) electrons. The molecule has 7 aromatic rings. The molecular weight excluding hydrogens is 496 g/mol. The topological polar surface area (TPSA) is 70.5 Å². The van der Waals surface area contributed by atoms with Crippen molar-refractivity contribution in [1.29, 1.82) is 0 Å². The van der Waals surface area contributed by atoms with Crippen LogP contribution in [0.4, 0.5) is 0 Å². The minimum Gasteiger partial charge on any atom is -0.341 e. The molecule has 0 unspecified atom stereocenters. The molecule has 7 nitrogen and oxygen atoms in total. The molecule has 0 fully saturated rings. The molecular formula is C33H32N6O. The number of rotatable bonds is 7. The van der Waals surface area contributed by atoms with Crippen molar-refractivity contribution in [1.82, 2.24) is 28.7 Å². The van der Waals surface area contributed by atoms with Gasteiger partial charge in [0.25, 0.3) is 5.56 Å². The first kappa shape index (κ1) is 24.5. The third kappa shape index (κ3) is 3.57. The Bertz CT molecular complexity index is 2130. The first-order chi connectivity index (χ1) is 19.6. The Labute approximate surface area is 231 Å². The summed E-state index contributed by atoms with van der Waals surface area (Å²) in [6.45, 7) is 7.96. The van der Waals surface area contributed by atoms with Gasteiger partial charge in [-0.15, -0.1) is 0 Å². The smallest absolute Gasteiger partial charge is 0.265 e. The normalized spacial score (nSPS) is 12.1. The van der Waals surface area contributed by atoms with E-state index in [2.05, 4.69) is 67.8 Å². The van der Waals surface area contributed by atoms with Crippen LogP contribution in [0.2, 0.25) is 0 Å². The molecule has 0 saturated carbocycles. The minimum atomic E-state index is -0.0325. The van der Waals surface area contributed by atoms with Crippen molar-refractivity contribution in [3.8, 4) is 5.69 Å².